The van der Waals surface area contributed by atoms with E-state index in [0.29, 0.717) is 6.42 Å². The van der Waals surface area contributed by atoms with E-state index in [2.05, 4.69) is 12.2 Å². The van der Waals surface area contributed by atoms with Gasteiger partial charge < -0.3 is 5.32 Å². The average Bonchev–Trinajstić information content (AvgIpc) is 2.26. The van der Waals surface area contributed by atoms with E-state index in [1.807, 2.05) is 6.92 Å². The topological polar surface area (TPSA) is 12.0 Å². The van der Waals surface area contributed by atoms with Crippen LogP contribution in [-0.4, -0.2) is 18.8 Å². The second-order valence-corrected chi connectivity index (χ2v) is 5.13. The summed E-state index contributed by atoms with van der Waals surface area (Å²) < 4.78 is 35.8. The molecule has 0 radical (unpaired) electrons. The molecule has 0 aliphatic carbocycles. The first-order valence-electron chi connectivity index (χ1n) is 7.26. The third-order valence-corrected chi connectivity index (χ3v) is 3.12. The van der Waals surface area contributed by atoms with Crippen molar-refractivity contribution in [2.24, 2.45) is 0 Å². The third-order valence-electron chi connectivity index (χ3n) is 3.12. The first-order valence-corrected chi connectivity index (χ1v) is 7.26. The lowest BCUT2D eigenvalue weighted by Gasteiger charge is -2.14. The Labute approximate surface area is 110 Å². The molecule has 0 heterocycles. The van der Waals surface area contributed by atoms with E-state index in [1.54, 1.807) is 0 Å². The van der Waals surface area contributed by atoms with E-state index < -0.39 is 12.6 Å². The second kappa shape index (κ2) is 10.7. The van der Waals surface area contributed by atoms with Gasteiger partial charge in [0.1, 0.15) is 0 Å². The molecule has 0 bridgehead atoms. The zero-order chi connectivity index (χ0) is 13.9. The number of alkyl halides is 3. The van der Waals surface area contributed by atoms with Gasteiger partial charge in [-0.25, -0.2) is 0 Å². The van der Waals surface area contributed by atoms with Crippen molar-refractivity contribution >= 4 is 0 Å². The van der Waals surface area contributed by atoms with Gasteiger partial charge in [0, 0.05) is 12.5 Å². The highest BCUT2D eigenvalue weighted by Gasteiger charge is 2.26. The van der Waals surface area contributed by atoms with Crippen LogP contribution in [0, 0.1) is 0 Å². The van der Waals surface area contributed by atoms with E-state index >= 15 is 0 Å². The number of nitrogens with one attached hydrogen (secondary N) is 1. The lowest BCUT2D eigenvalue weighted by molar-refractivity contribution is -0.135. The molecule has 0 aromatic heterocycles. The summed E-state index contributed by atoms with van der Waals surface area (Å²) in [4.78, 5) is 0. The van der Waals surface area contributed by atoms with Crippen LogP contribution in [-0.2, 0) is 0 Å². The van der Waals surface area contributed by atoms with Gasteiger partial charge in [0.25, 0.3) is 0 Å². The van der Waals surface area contributed by atoms with Crippen molar-refractivity contribution in [1.82, 2.24) is 5.32 Å². The fourth-order valence-corrected chi connectivity index (χ4v) is 1.96. The van der Waals surface area contributed by atoms with Gasteiger partial charge in [-0.1, -0.05) is 39.0 Å². The smallest absolute Gasteiger partial charge is 0.314 e. The largest absolute Gasteiger partial charge is 0.389 e. The van der Waals surface area contributed by atoms with Gasteiger partial charge in [-0.05, 0) is 32.7 Å². The molecule has 1 N–H and O–H groups in total. The van der Waals surface area contributed by atoms with Crippen LogP contribution in [0.5, 0.6) is 0 Å². The summed E-state index contributed by atoms with van der Waals surface area (Å²) in [5.41, 5.74) is 0. The zero-order valence-electron chi connectivity index (χ0n) is 11.8. The van der Waals surface area contributed by atoms with Crippen LogP contribution in [0.1, 0.15) is 71.6 Å². The fourth-order valence-electron chi connectivity index (χ4n) is 1.96. The summed E-state index contributed by atoms with van der Waals surface area (Å²) in [6, 6.07) is 0.197. The minimum Gasteiger partial charge on any atom is -0.314 e. The Balaban J connectivity index is 3.24. The first-order chi connectivity index (χ1) is 8.45. The van der Waals surface area contributed by atoms with Gasteiger partial charge in [-0.15, -0.1) is 0 Å². The summed E-state index contributed by atoms with van der Waals surface area (Å²) >= 11 is 0. The van der Waals surface area contributed by atoms with Crippen LogP contribution in [0.15, 0.2) is 0 Å². The van der Waals surface area contributed by atoms with E-state index in [-0.39, 0.29) is 12.5 Å². The van der Waals surface area contributed by atoms with E-state index in [9.17, 15) is 13.2 Å². The molecule has 0 spiro atoms. The lowest BCUT2D eigenvalue weighted by Crippen LogP contribution is -2.27. The number of unbranched alkanes of at least 4 members (excludes halogenated alkanes) is 5. The number of halogens is 3. The molecule has 0 aliphatic heterocycles. The first kappa shape index (κ1) is 17.8. The van der Waals surface area contributed by atoms with Crippen molar-refractivity contribution in [3.8, 4) is 0 Å². The normalized spacial score (nSPS) is 13.8. The van der Waals surface area contributed by atoms with Gasteiger partial charge >= 0.3 is 6.18 Å². The lowest BCUT2D eigenvalue weighted by atomic mass is 10.1. The number of hydrogen-bond donors (Lipinski definition) is 1. The molecule has 0 saturated heterocycles. The van der Waals surface area contributed by atoms with Crippen molar-refractivity contribution in [2.45, 2.75) is 83.9 Å². The van der Waals surface area contributed by atoms with E-state index in [4.69, 9.17) is 0 Å². The monoisotopic (exact) mass is 267 g/mol. The fraction of sp³-hybridized carbons (Fsp3) is 1.00. The molecule has 0 amide bonds. The number of rotatable bonds is 11. The van der Waals surface area contributed by atoms with Gasteiger partial charge in [0.05, 0.1) is 0 Å². The molecule has 0 rings (SSSR count). The quantitative estimate of drug-likeness (QED) is 0.516. The van der Waals surface area contributed by atoms with Crippen molar-refractivity contribution in [3.05, 3.63) is 0 Å². The summed E-state index contributed by atoms with van der Waals surface area (Å²) in [7, 11) is 0. The van der Waals surface area contributed by atoms with Crippen molar-refractivity contribution in [1.29, 1.82) is 0 Å². The van der Waals surface area contributed by atoms with Gasteiger partial charge in [0.2, 0.25) is 0 Å². The summed E-state index contributed by atoms with van der Waals surface area (Å²) in [5, 5.41) is 3.29. The second-order valence-electron chi connectivity index (χ2n) is 5.13. The van der Waals surface area contributed by atoms with Crippen LogP contribution in [0.2, 0.25) is 0 Å². The molecule has 1 atom stereocenters. The molecule has 110 valence electrons. The van der Waals surface area contributed by atoms with Gasteiger partial charge in [-0.3, -0.25) is 0 Å². The Morgan fingerprint density at radius 2 is 1.56 bits per heavy atom. The Kier molecular flexibility index (Phi) is 10.5. The minimum atomic E-state index is -4.00. The molecule has 0 aromatic carbocycles. The minimum absolute atomic E-state index is 0.197. The average molecular weight is 267 g/mol. The van der Waals surface area contributed by atoms with E-state index in [1.165, 1.54) is 32.1 Å². The highest BCUT2D eigenvalue weighted by atomic mass is 19.4. The zero-order valence-corrected chi connectivity index (χ0v) is 11.8. The molecule has 1 nitrogen and oxygen atoms in total. The summed E-state index contributed by atoms with van der Waals surface area (Å²) in [5.74, 6) is 0. The molecular formula is C14H28F3N. The predicted octanol–water partition coefficient (Wildman–Crippen LogP) is 5.06. The molecule has 0 saturated carbocycles. The molecule has 1 unspecified atom stereocenters. The highest BCUT2D eigenvalue weighted by molar-refractivity contribution is 4.62. The summed E-state index contributed by atoms with van der Waals surface area (Å²) in [6.07, 6.45) is 3.68. The standard InChI is InChI=1S/C14H28F3N/c1-3-4-5-6-7-8-12-18-13(2)10-9-11-14(15,16)17/h13,18H,3-12H2,1-2H3. The molecule has 0 aliphatic rings. The van der Waals surface area contributed by atoms with Crippen LogP contribution in [0.25, 0.3) is 0 Å². The summed E-state index contributed by atoms with van der Waals surface area (Å²) in [6.45, 7) is 5.09. The Morgan fingerprint density at radius 1 is 0.944 bits per heavy atom. The molecular weight excluding hydrogens is 239 g/mol. The Bertz CT molecular complexity index is 180. The van der Waals surface area contributed by atoms with Crippen molar-refractivity contribution in [2.75, 3.05) is 6.54 Å². The molecule has 4 heteroatoms. The van der Waals surface area contributed by atoms with Crippen LogP contribution >= 0.6 is 0 Å². The third kappa shape index (κ3) is 13.8. The van der Waals surface area contributed by atoms with Crippen LogP contribution < -0.4 is 5.32 Å². The van der Waals surface area contributed by atoms with Crippen LogP contribution in [0.3, 0.4) is 0 Å². The van der Waals surface area contributed by atoms with Gasteiger partial charge in [0.15, 0.2) is 0 Å². The molecule has 0 aromatic rings. The SMILES string of the molecule is CCCCCCCCNC(C)CCCC(F)(F)F. The van der Waals surface area contributed by atoms with Crippen LogP contribution in [0.4, 0.5) is 13.2 Å². The predicted molar refractivity (Wildman–Crippen MR) is 70.7 cm³/mol. The Hall–Kier alpha value is -0.250. The Morgan fingerprint density at radius 3 is 2.17 bits per heavy atom. The van der Waals surface area contributed by atoms with Gasteiger partial charge in [-0.2, -0.15) is 13.2 Å². The molecule has 18 heavy (non-hydrogen) atoms. The highest BCUT2D eigenvalue weighted by Crippen LogP contribution is 2.22. The van der Waals surface area contributed by atoms with Crippen molar-refractivity contribution < 1.29 is 13.2 Å². The molecule has 0 fully saturated rings. The van der Waals surface area contributed by atoms with E-state index in [0.717, 1.165) is 13.0 Å². The van der Waals surface area contributed by atoms with Crippen molar-refractivity contribution in [3.63, 3.8) is 0 Å². The maximum Gasteiger partial charge on any atom is 0.389 e. The maximum absolute atomic E-state index is 11.9. The number of hydrogen-bond acceptors (Lipinski definition) is 1. The maximum atomic E-state index is 11.9.